The Kier molecular flexibility index (Phi) is 2.85. The molecule has 17 heavy (non-hydrogen) atoms. The Balaban J connectivity index is 2.58. The molecule has 0 heterocycles. The van der Waals surface area contributed by atoms with E-state index < -0.39 is 8.07 Å². The van der Waals surface area contributed by atoms with Crippen LogP contribution in [0.2, 0.25) is 19.6 Å². The van der Waals surface area contributed by atoms with Crippen LogP contribution in [-0.2, 0) is 0 Å². The van der Waals surface area contributed by atoms with Gasteiger partial charge in [-0.05, 0) is 27.7 Å². The van der Waals surface area contributed by atoms with Gasteiger partial charge in [0.05, 0.1) is 8.07 Å². The van der Waals surface area contributed by atoms with Gasteiger partial charge in [-0.2, -0.15) is 0 Å². The molecule has 0 N–H and O–H groups in total. The van der Waals surface area contributed by atoms with Crippen molar-refractivity contribution >= 4 is 13.6 Å². The molecule has 0 bridgehead atoms. The first-order valence-electron chi connectivity index (χ1n) is 6.53. The van der Waals surface area contributed by atoms with Crippen molar-refractivity contribution in [3.05, 3.63) is 41.5 Å². The molecule has 0 fully saturated rings. The van der Waals surface area contributed by atoms with Crippen molar-refractivity contribution in [2.24, 2.45) is 5.41 Å². The van der Waals surface area contributed by atoms with Crippen LogP contribution in [0.5, 0.6) is 0 Å². The minimum atomic E-state index is -1.17. The maximum atomic E-state index is 2.55. The average Bonchev–Trinajstić information content (AvgIpc) is 2.55. The Morgan fingerprint density at radius 2 is 1.59 bits per heavy atom. The molecule has 0 nitrogen and oxygen atoms in total. The van der Waals surface area contributed by atoms with Crippen LogP contribution in [0.25, 0.3) is 5.57 Å². The standard InChI is InChI=1S/C16H24Si/c1-16(2,3)14-11-15(17(4,5)6)13-10-8-7-9-12(13)14/h7-11,15H,1-6H3. The largest absolute Gasteiger partial charge is 0.0754 e. The first kappa shape index (κ1) is 12.6. The monoisotopic (exact) mass is 244 g/mol. The highest BCUT2D eigenvalue weighted by Gasteiger charge is 2.36. The summed E-state index contributed by atoms with van der Waals surface area (Å²) in [5.41, 5.74) is 5.54. The van der Waals surface area contributed by atoms with Crippen molar-refractivity contribution in [3.63, 3.8) is 0 Å². The van der Waals surface area contributed by atoms with Gasteiger partial charge in [0.15, 0.2) is 0 Å². The van der Waals surface area contributed by atoms with Crippen molar-refractivity contribution in [3.8, 4) is 0 Å². The zero-order valence-electron chi connectivity index (χ0n) is 12.0. The first-order chi connectivity index (χ1) is 7.71. The Morgan fingerprint density at radius 1 is 1.00 bits per heavy atom. The fourth-order valence-electron chi connectivity index (χ4n) is 2.73. The van der Waals surface area contributed by atoms with Gasteiger partial charge in [-0.1, -0.05) is 70.8 Å². The molecule has 1 heteroatoms. The van der Waals surface area contributed by atoms with Crippen LogP contribution in [-0.4, -0.2) is 8.07 Å². The van der Waals surface area contributed by atoms with Crippen molar-refractivity contribution in [2.45, 2.75) is 46.0 Å². The van der Waals surface area contributed by atoms with Gasteiger partial charge in [-0.25, -0.2) is 0 Å². The smallest absolute Gasteiger partial charge is 0.0566 e. The summed E-state index contributed by atoms with van der Waals surface area (Å²) in [4.78, 5) is 0. The van der Waals surface area contributed by atoms with Gasteiger partial charge in [0.2, 0.25) is 0 Å². The molecule has 1 atom stereocenters. The van der Waals surface area contributed by atoms with E-state index >= 15 is 0 Å². The zero-order chi connectivity index (χ0) is 12.8. The van der Waals surface area contributed by atoms with Crippen LogP contribution < -0.4 is 0 Å². The lowest BCUT2D eigenvalue weighted by atomic mass is 9.83. The molecule has 92 valence electrons. The van der Waals surface area contributed by atoms with Gasteiger partial charge in [-0.15, -0.1) is 0 Å². The number of rotatable bonds is 1. The van der Waals surface area contributed by atoms with Gasteiger partial charge in [0, 0.05) is 0 Å². The van der Waals surface area contributed by atoms with E-state index in [9.17, 15) is 0 Å². The molecule has 0 aliphatic heterocycles. The molecule has 1 aromatic carbocycles. The molecule has 1 aliphatic rings. The van der Waals surface area contributed by atoms with E-state index in [-0.39, 0.29) is 5.41 Å². The minimum absolute atomic E-state index is 0.254. The summed E-state index contributed by atoms with van der Waals surface area (Å²) in [5.74, 6) is 0. The van der Waals surface area contributed by atoms with Crippen LogP contribution >= 0.6 is 0 Å². The van der Waals surface area contributed by atoms with Gasteiger partial charge in [-0.3, -0.25) is 0 Å². The SMILES string of the molecule is CC(C)(C)C1=CC([Si](C)(C)C)c2ccccc21. The second kappa shape index (κ2) is 3.84. The lowest BCUT2D eigenvalue weighted by Gasteiger charge is -2.24. The van der Waals surface area contributed by atoms with E-state index in [2.05, 4.69) is 70.8 Å². The third-order valence-electron chi connectivity index (χ3n) is 3.66. The summed E-state index contributed by atoms with van der Waals surface area (Å²) in [6.45, 7) is 14.4. The molecular formula is C16H24Si. The summed E-state index contributed by atoms with van der Waals surface area (Å²) in [7, 11) is -1.17. The van der Waals surface area contributed by atoms with Crippen molar-refractivity contribution in [1.29, 1.82) is 0 Å². The molecule has 2 rings (SSSR count). The van der Waals surface area contributed by atoms with Crippen molar-refractivity contribution < 1.29 is 0 Å². The highest BCUT2D eigenvalue weighted by Crippen LogP contribution is 2.47. The highest BCUT2D eigenvalue weighted by molar-refractivity contribution is 6.78. The molecule has 0 amide bonds. The van der Waals surface area contributed by atoms with Gasteiger partial charge >= 0.3 is 0 Å². The summed E-state index contributed by atoms with van der Waals surface area (Å²) in [6.07, 6.45) is 2.55. The van der Waals surface area contributed by atoms with Crippen LogP contribution in [0, 0.1) is 5.41 Å². The van der Waals surface area contributed by atoms with E-state index in [1.54, 1.807) is 11.1 Å². The molecule has 1 aliphatic carbocycles. The van der Waals surface area contributed by atoms with E-state index in [1.165, 1.54) is 5.56 Å². The molecule has 1 unspecified atom stereocenters. The predicted octanol–water partition coefficient (Wildman–Crippen LogP) is 5.09. The Morgan fingerprint density at radius 3 is 2.12 bits per heavy atom. The quantitative estimate of drug-likeness (QED) is 0.604. The maximum Gasteiger partial charge on any atom is 0.0566 e. The molecule has 0 saturated carbocycles. The minimum Gasteiger partial charge on any atom is -0.0754 e. The van der Waals surface area contributed by atoms with E-state index in [4.69, 9.17) is 0 Å². The Hall–Kier alpha value is -0.823. The zero-order valence-corrected chi connectivity index (χ0v) is 13.0. The topological polar surface area (TPSA) is 0 Å². The van der Waals surface area contributed by atoms with Gasteiger partial charge in [0.25, 0.3) is 0 Å². The van der Waals surface area contributed by atoms with Gasteiger partial charge in [0.1, 0.15) is 0 Å². The predicted molar refractivity (Wildman–Crippen MR) is 80.0 cm³/mol. The van der Waals surface area contributed by atoms with Crippen molar-refractivity contribution in [1.82, 2.24) is 0 Å². The Labute approximate surface area is 107 Å². The normalized spacial score (nSPS) is 20.1. The third-order valence-corrected chi connectivity index (χ3v) is 6.00. The lowest BCUT2D eigenvalue weighted by Crippen LogP contribution is -2.28. The van der Waals surface area contributed by atoms with Crippen LogP contribution in [0.1, 0.15) is 37.4 Å². The van der Waals surface area contributed by atoms with Crippen LogP contribution in [0.15, 0.2) is 30.3 Å². The highest BCUT2D eigenvalue weighted by atomic mass is 28.3. The van der Waals surface area contributed by atoms with Gasteiger partial charge < -0.3 is 0 Å². The molecule has 0 aromatic heterocycles. The fraction of sp³-hybridized carbons (Fsp3) is 0.500. The molecule has 0 saturated heterocycles. The number of benzene rings is 1. The maximum absolute atomic E-state index is 2.55. The number of fused-ring (bicyclic) bond motifs is 1. The van der Waals surface area contributed by atoms with Crippen molar-refractivity contribution in [2.75, 3.05) is 0 Å². The second-order valence-electron chi connectivity index (χ2n) is 7.26. The number of hydrogen-bond donors (Lipinski definition) is 0. The molecule has 1 aromatic rings. The lowest BCUT2D eigenvalue weighted by molar-refractivity contribution is 0.567. The van der Waals surface area contributed by atoms with Crippen LogP contribution in [0.3, 0.4) is 0 Å². The second-order valence-corrected chi connectivity index (χ2v) is 12.6. The van der Waals surface area contributed by atoms with Crippen LogP contribution in [0.4, 0.5) is 0 Å². The number of allylic oxidation sites excluding steroid dienone is 2. The summed E-state index contributed by atoms with van der Waals surface area (Å²) in [6, 6.07) is 8.98. The molecule has 0 radical (unpaired) electrons. The van der Waals surface area contributed by atoms with E-state index in [0.717, 1.165) is 0 Å². The number of hydrogen-bond acceptors (Lipinski definition) is 0. The molecule has 0 spiro atoms. The van der Waals surface area contributed by atoms with E-state index in [0.29, 0.717) is 5.54 Å². The summed E-state index contributed by atoms with van der Waals surface area (Å²) in [5, 5.41) is 0. The first-order valence-corrected chi connectivity index (χ1v) is 10.1. The average molecular weight is 244 g/mol. The van der Waals surface area contributed by atoms with E-state index in [1.807, 2.05) is 0 Å². The Bertz CT molecular complexity index is 455. The molecular weight excluding hydrogens is 220 g/mol. The third kappa shape index (κ3) is 2.26. The fourth-order valence-corrected chi connectivity index (χ4v) is 4.58. The summed E-state index contributed by atoms with van der Waals surface area (Å²) < 4.78 is 0. The summed E-state index contributed by atoms with van der Waals surface area (Å²) >= 11 is 0.